The van der Waals surface area contributed by atoms with Gasteiger partial charge in [0.25, 0.3) is 10.0 Å². The van der Waals surface area contributed by atoms with Crippen molar-refractivity contribution in [2.24, 2.45) is 0 Å². The molecule has 10 heteroatoms. The second-order valence-electron chi connectivity index (χ2n) is 9.94. The molecule has 1 unspecified atom stereocenters. The fraction of sp³-hybridized carbons (Fsp3) is 0.375. The number of aryl methyl sites for hydroxylation is 1. The van der Waals surface area contributed by atoms with Crippen LogP contribution in [0.1, 0.15) is 44.2 Å². The van der Waals surface area contributed by atoms with Crippen molar-refractivity contribution >= 4 is 27.5 Å². The van der Waals surface area contributed by atoms with Crippen molar-refractivity contribution in [2.45, 2.75) is 57.5 Å². The van der Waals surface area contributed by atoms with Crippen molar-refractivity contribution in [2.75, 3.05) is 31.6 Å². The summed E-state index contributed by atoms with van der Waals surface area (Å²) in [6.07, 6.45) is 2.08. The van der Waals surface area contributed by atoms with E-state index in [2.05, 4.69) is 5.32 Å². The first-order chi connectivity index (χ1) is 20.2. The summed E-state index contributed by atoms with van der Waals surface area (Å²) in [5, 5.41) is 2.94. The minimum atomic E-state index is -4.24. The van der Waals surface area contributed by atoms with E-state index in [0.29, 0.717) is 18.7 Å². The van der Waals surface area contributed by atoms with Gasteiger partial charge in [0.15, 0.2) is 0 Å². The number of carbonyl (C=O) groups is 2. The van der Waals surface area contributed by atoms with Crippen molar-refractivity contribution in [3.05, 3.63) is 83.9 Å². The molecule has 3 aromatic carbocycles. The summed E-state index contributed by atoms with van der Waals surface area (Å²) in [6, 6.07) is 19.5. The molecular weight excluding hydrogens is 554 g/mol. The van der Waals surface area contributed by atoms with Gasteiger partial charge in [0.1, 0.15) is 24.1 Å². The topological polar surface area (TPSA) is 105 Å². The van der Waals surface area contributed by atoms with Crippen molar-refractivity contribution in [1.82, 2.24) is 10.2 Å². The number of ether oxygens (including phenoxy) is 2. The van der Waals surface area contributed by atoms with Crippen LogP contribution in [0.4, 0.5) is 5.69 Å². The van der Waals surface area contributed by atoms with E-state index in [0.717, 1.165) is 28.3 Å². The van der Waals surface area contributed by atoms with Crippen LogP contribution in [0, 0.1) is 6.92 Å². The average molecular weight is 596 g/mol. The lowest BCUT2D eigenvalue weighted by Gasteiger charge is -2.33. The Labute approximate surface area is 249 Å². The van der Waals surface area contributed by atoms with Gasteiger partial charge in [-0.1, -0.05) is 68.3 Å². The smallest absolute Gasteiger partial charge is 0.264 e. The number of nitrogens with zero attached hydrogens (tertiary/aromatic N) is 2. The van der Waals surface area contributed by atoms with Gasteiger partial charge < -0.3 is 19.7 Å². The second-order valence-corrected chi connectivity index (χ2v) is 11.8. The summed E-state index contributed by atoms with van der Waals surface area (Å²) in [4.78, 5) is 29.1. The molecule has 3 aromatic rings. The van der Waals surface area contributed by atoms with Crippen LogP contribution in [0.25, 0.3) is 0 Å². The number of carbonyl (C=O) groups excluding carboxylic acids is 2. The summed E-state index contributed by atoms with van der Waals surface area (Å²) in [5.74, 6) is -0.163. The Hall–Kier alpha value is -4.05. The Bertz CT molecular complexity index is 1450. The maximum atomic E-state index is 14.3. The van der Waals surface area contributed by atoms with E-state index in [1.807, 2.05) is 45.0 Å². The van der Waals surface area contributed by atoms with Gasteiger partial charge in [0, 0.05) is 19.2 Å². The third-order valence-corrected chi connectivity index (χ3v) is 8.69. The molecule has 0 aliphatic carbocycles. The predicted octanol–water partition coefficient (Wildman–Crippen LogP) is 4.93. The Morgan fingerprint density at radius 1 is 0.929 bits per heavy atom. The van der Waals surface area contributed by atoms with E-state index in [1.165, 1.54) is 37.3 Å². The molecule has 0 radical (unpaired) electrons. The normalized spacial score (nSPS) is 11.8. The molecule has 0 aromatic heterocycles. The van der Waals surface area contributed by atoms with Crippen LogP contribution in [0.3, 0.4) is 0 Å². The van der Waals surface area contributed by atoms with Gasteiger partial charge in [-0.15, -0.1) is 0 Å². The molecule has 9 nitrogen and oxygen atoms in total. The summed E-state index contributed by atoms with van der Waals surface area (Å²) in [6.45, 7) is 5.89. The molecule has 1 atom stereocenters. The zero-order valence-electron chi connectivity index (χ0n) is 25.0. The first-order valence-electron chi connectivity index (χ1n) is 14.1. The highest BCUT2D eigenvalue weighted by Gasteiger charge is 2.35. The molecule has 0 aliphatic heterocycles. The van der Waals surface area contributed by atoms with Crippen LogP contribution >= 0.6 is 0 Å². The van der Waals surface area contributed by atoms with E-state index in [9.17, 15) is 18.0 Å². The molecular formula is C32H41N3O6S. The molecule has 0 fully saturated rings. The third-order valence-electron chi connectivity index (χ3n) is 6.92. The Balaban J connectivity index is 2.11. The molecule has 0 aliphatic rings. The fourth-order valence-electron chi connectivity index (χ4n) is 4.66. The first-order valence-corrected chi connectivity index (χ1v) is 15.5. The second kappa shape index (κ2) is 15.3. The standard InChI is InChI=1S/C32H41N3O6S/c1-6-8-19-33-32(37)28(7-2)34(22-25-14-12-13-24(3)20-25)31(36)23-35(42(38,39)27-15-10-9-11-16-27)29-21-26(40-4)17-18-30(29)41-5/h9-18,20-21,28H,6-8,19,22-23H2,1-5H3,(H,33,37). The Morgan fingerprint density at radius 3 is 2.29 bits per heavy atom. The molecule has 0 heterocycles. The number of sulfonamides is 1. The van der Waals surface area contributed by atoms with Crippen LogP contribution in [0.2, 0.25) is 0 Å². The largest absolute Gasteiger partial charge is 0.497 e. The van der Waals surface area contributed by atoms with Gasteiger partial charge in [-0.05, 0) is 49.6 Å². The van der Waals surface area contributed by atoms with Crippen molar-refractivity contribution in [3.63, 3.8) is 0 Å². The number of hydrogen-bond donors (Lipinski definition) is 1. The van der Waals surface area contributed by atoms with Crippen molar-refractivity contribution < 1.29 is 27.5 Å². The van der Waals surface area contributed by atoms with E-state index in [1.54, 1.807) is 30.3 Å². The van der Waals surface area contributed by atoms with Crippen LogP contribution in [-0.2, 0) is 26.2 Å². The Morgan fingerprint density at radius 2 is 1.67 bits per heavy atom. The highest BCUT2D eigenvalue weighted by Crippen LogP contribution is 2.36. The average Bonchev–Trinajstić information content (AvgIpc) is 2.99. The van der Waals surface area contributed by atoms with Crippen LogP contribution in [-0.4, -0.2) is 58.5 Å². The number of methoxy groups -OCH3 is 2. The number of rotatable bonds is 15. The van der Waals surface area contributed by atoms with E-state index < -0.39 is 28.5 Å². The predicted molar refractivity (Wildman–Crippen MR) is 164 cm³/mol. The van der Waals surface area contributed by atoms with Crippen molar-refractivity contribution in [3.8, 4) is 11.5 Å². The molecule has 3 rings (SSSR count). The minimum Gasteiger partial charge on any atom is -0.497 e. The number of unbranched alkanes of at least 4 members (excludes halogenated alkanes) is 1. The summed E-state index contributed by atoms with van der Waals surface area (Å²) >= 11 is 0. The Kier molecular flexibility index (Phi) is 11.8. The molecule has 226 valence electrons. The van der Waals surface area contributed by atoms with Crippen molar-refractivity contribution in [1.29, 1.82) is 0 Å². The van der Waals surface area contributed by atoms with Crippen LogP contribution in [0.5, 0.6) is 11.5 Å². The van der Waals surface area contributed by atoms with E-state index in [4.69, 9.17) is 9.47 Å². The fourth-order valence-corrected chi connectivity index (χ4v) is 6.10. The molecule has 0 saturated heterocycles. The maximum Gasteiger partial charge on any atom is 0.264 e. The first kappa shape index (κ1) is 32.5. The molecule has 1 N–H and O–H groups in total. The molecule has 42 heavy (non-hydrogen) atoms. The lowest BCUT2D eigenvalue weighted by Crippen LogP contribution is -2.52. The van der Waals surface area contributed by atoms with Gasteiger partial charge in [0.05, 0.1) is 24.8 Å². The number of nitrogens with one attached hydrogen (secondary N) is 1. The van der Waals surface area contributed by atoms with Gasteiger partial charge in [0.2, 0.25) is 11.8 Å². The summed E-state index contributed by atoms with van der Waals surface area (Å²) in [5.41, 5.74) is 1.99. The van der Waals surface area contributed by atoms with Gasteiger partial charge in [-0.25, -0.2) is 8.42 Å². The monoisotopic (exact) mass is 595 g/mol. The highest BCUT2D eigenvalue weighted by molar-refractivity contribution is 7.92. The molecule has 0 saturated carbocycles. The van der Waals surface area contributed by atoms with Gasteiger partial charge >= 0.3 is 0 Å². The minimum absolute atomic E-state index is 0.0113. The summed E-state index contributed by atoms with van der Waals surface area (Å²) < 4.78 is 40.1. The summed E-state index contributed by atoms with van der Waals surface area (Å²) in [7, 11) is -1.34. The zero-order chi connectivity index (χ0) is 30.7. The van der Waals surface area contributed by atoms with Gasteiger partial charge in [-0.3, -0.25) is 13.9 Å². The van der Waals surface area contributed by atoms with Crippen LogP contribution < -0.4 is 19.1 Å². The van der Waals surface area contributed by atoms with E-state index in [-0.39, 0.29) is 28.8 Å². The van der Waals surface area contributed by atoms with E-state index >= 15 is 0 Å². The lowest BCUT2D eigenvalue weighted by molar-refractivity contribution is -0.140. The maximum absolute atomic E-state index is 14.3. The number of hydrogen-bond acceptors (Lipinski definition) is 6. The molecule has 2 amide bonds. The lowest BCUT2D eigenvalue weighted by atomic mass is 10.1. The zero-order valence-corrected chi connectivity index (χ0v) is 25.8. The van der Waals surface area contributed by atoms with Crippen LogP contribution in [0.15, 0.2) is 77.7 Å². The number of benzene rings is 3. The molecule has 0 spiro atoms. The number of amides is 2. The SMILES string of the molecule is CCCCNC(=O)C(CC)N(Cc1cccc(C)c1)C(=O)CN(c1cc(OC)ccc1OC)S(=O)(=O)c1ccccc1. The number of anilines is 1. The van der Waals surface area contributed by atoms with Gasteiger partial charge in [-0.2, -0.15) is 0 Å². The third kappa shape index (κ3) is 8.03. The highest BCUT2D eigenvalue weighted by atomic mass is 32.2. The quantitative estimate of drug-likeness (QED) is 0.250. The molecule has 0 bridgehead atoms.